The summed E-state index contributed by atoms with van der Waals surface area (Å²) in [6.07, 6.45) is 6.61. The molecule has 1 aliphatic rings. The van der Waals surface area contributed by atoms with Crippen LogP contribution in [0.3, 0.4) is 0 Å². The van der Waals surface area contributed by atoms with Crippen molar-refractivity contribution in [2.45, 2.75) is 70.3 Å². The summed E-state index contributed by atoms with van der Waals surface area (Å²) < 4.78 is 12.2. The number of nitrogens with zero attached hydrogens (tertiary/aromatic N) is 2. The summed E-state index contributed by atoms with van der Waals surface area (Å²) in [6, 6.07) is 19.2. The molecule has 0 amide bonds. The van der Waals surface area contributed by atoms with Crippen molar-refractivity contribution in [1.29, 1.82) is 0 Å². The summed E-state index contributed by atoms with van der Waals surface area (Å²) in [5.41, 5.74) is 3.80. The molecule has 0 spiro atoms. The molecule has 4 nitrogen and oxygen atoms in total. The maximum atomic E-state index is 6.12. The van der Waals surface area contributed by atoms with Gasteiger partial charge in [0, 0.05) is 5.92 Å². The van der Waals surface area contributed by atoms with Crippen molar-refractivity contribution in [3.05, 3.63) is 83.1 Å². The molecule has 1 aromatic heterocycles. The van der Waals surface area contributed by atoms with Crippen LogP contribution in [0.25, 0.3) is 0 Å². The van der Waals surface area contributed by atoms with Crippen LogP contribution in [0.5, 0.6) is 0 Å². The lowest BCUT2D eigenvalue weighted by atomic mass is 9.83. The van der Waals surface area contributed by atoms with Crippen molar-refractivity contribution >= 4 is 0 Å². The zero-order chi connectivity index (χ0) is 20.8. The molecule has 1 atom stereocenters. The Labute approximate surface area is 179 Å². The minimum absolute atomic E-state index is 0.0581. The molecule has 158 valence electrons. The standard InChI is InChI=1S/C26H32N2O2/c1-19(2)25-27-28-26(30-25)24(18-29-17-20-10-5-3-6-11-20)23-15-9-14-22(16-23)21-12-7-4-8-13-21/h3,5-6,9-11,14-16,19,21,24H,4,7-8,12-13,17-18H2,1-2H3. The molecule has 2 aromatic carbocycles. The summed E-state index contributed by atoms with van der Waals surface area (Å²) in [6.45, 7) is 5.23. The van der Waals surface area contributed by atoms with Crippen LogP contribution in [0.1, 0.15) is 92.2 Å². The van der Waals surface area contributed by atoms with Crippen LogP contribution in [0.4, 0.5) is 0 Å². The molecule has 30 heavy (non-hydrogen) atoms. The van der Waals surface area contributed by atoms with E-state index in [9.17, 15) is 0 Å². The van der Waals surface area contributed by atoms with Crippen molar-refractivity contribution in [2.24, 2.45) is 0 Å². The molecular formula is C26H32N2O2. The molecule has 1 heterocycles. The summed E-state index contributed by atoms with van der Waals surface area (Å²) in [4.78, 5) is 0. The number of hydrogen-bond acceptors (Lipinski definition) is 4. The Balaban J connectivity index is 1.56. The van der Waals surface area contributed by atoms with E-state index < -0.39 is 0 Å². The van der Waals surface area contributed by atoms with E-state index in [1.807, 2.05) is 18.2 Å². The Hall–Kier alpha value is -2.46. The second-order valence-corrected chi connectivity index (χ2v) is 8.69. The van der Waals surface area contributed by atoms with Crippen LogP contribution in [0.2, 0.25) is 0 Å². The third-order valence-electron chi connectivity index (χ3n) is 6.03. The van der Waals surface area contributed by atoms with Crippen LogP contribution in [0.15, 0.2) is 59.0 Å². The largest absolute Gasteiger partial charge is 0.424 e. The van der Waals surface area contributed by atoms with Crippen LogP contribution in [-0.2, 0) is 11.3 Å². The van der Waals surface area contributed by atoms with E-state index in [1.54, 1.807) is 0 Å². The zero-order valence-electron chi connectivity index (χ0n) is 18.1. The maximum Gasteiger partial charge on any atom is 0.226 e. The van der Waals surface area contributed by atoms with Gasteiger partial charge in [-0.3, -0.25) is 0 Å². The SMILES string of the molecule is CC(C)c1nnc(C(COCc2ccccc2)c2cccc(C3CCCCC3)c2)o1. The van der Waals surface area contributed by atoms with Crippen LogP contribution < -0.4 is 0 Å². The molecule has 1 saturated carbocycles. The monoisotopic (exact) mass is 404 g/mol. The molecule has 0 saturated heterocycles. The van der Waals surface area contributed by atoms with Gasteiger partial charge in [0.05, 0.1) is 19.1 Å². The van der Waals surface area contributed by atoms with Gasteiger partial charge in [-0.25, -0.2) is 0 Å². The first-order valence-corrected chi connectivity index (χ1v) is 11.3. The predicted octanol–water partition coefficient (Wildman–Crippen LogP) is 6.59. The van der Waals surface area contributed by atoms with Gasteiger partial charge < -0.3 is 9.15 Å². The first kappa shape index (κ1) is 20.8. The third-order valence-corrected chi connectivity index (χ3v) is 6.03. The fourth-order valence-electron chi connectivity index (χ4n) is 4.27. The fourth-order valence-corrected chi connectivity index (χ4v) is 4.27. The Morgan fingerprint density at radius 1 is 0.933 bits per heavy atom. The molecule has 3 aromatic rings. The molecule has 4 heteroatoms. The van der Waals surface area contributed by atoms with E-state index in [1.165, 1.54) is 48.8 Å². The zero-order valence-corrected chi connectivity index (χ0v) is 18.1. The normalized spacial score (nSPS) is 16.1. The van der Waals surface area contributed by atoms with Gasteiger partial charge in [0.15, 0.2) is 0 Å². The van der Waals surface area contributed by atoms with Gasteiger partial charge in [-0.2, -0.15) is 0 Å². The van der Waals surface area contributed by atoms with Crippen LogP contribution in [-0.4, -0.2) is 16.8 Å². The molecule has 0 radical (unpaired) electrons. The van der Waals surface area contributed by atoms with E-state index in [0.29, 0.717) is 30.9 Å². The summed E-state index contributed by atoms with van der Waals surface area (Å²) >= 11 is 0. The number of aromatic nitrogens is 2. The Morgan fingerprint density at radius 3 is 2.43 bits per heavy atom. The quantitative estimate of drug-likeness (QED) is 0.425. The lowest BCUT2D eigenvalue weighted by Gasteiger charge is -2.23. The van der Waals surface area contributed by atoms with Gasteiger partial charge >= 0.3 is 0 Å². The van der Waals surface area contributed by atoms with Crippen molar-refractivity contribution in [3.63, 3.8) is 0 Å². The topological polar surface area (TPSA) is 48.2 Å². The number of hydrogen-bond donors (Lipinski definition) is 0. The van der Waals surface area contributed by atoms with Gasteiger partial charge in [0.1, 0.15) is 0 Å². The fraction of sp³-hybridized carbons (Fsp3) is 0.462. The average molecular weight is 405 g/mol. The maximum absolute atomic E-state index is 6.12. The smallest absolute Gasteiger partial charge is 0.226 e. The molecule has 4 rings (SSSR count). The molecule has 1 unspecified atom stereocenters. The van der Waals surface area contributed by atoms with Crippen LogP contribution in [0, 0.1) is 0 Å². The first-order valence-electron chi connectivity index (χ1n) is 11.3. The van der Waals surface area contributed by atoms with Gasteiger partial charge in [-0.1, -0.05) is 87.7 Å². The number of ether oxygens (including phenoxy) is 1. The van der Waals surface area contributed by atoms with E-state index in [-0.39, 0.29) is 11.8 Å². The van der Waals surface area contributed by atoms with E-state index in [0.717, 1.165) is 0 Å². The van der Waals surface area contributed by atoms with Crippen molar-refractivity contribution in [3.8, 4) is 0 Å². The lowest BCUT2D eigenvalue weighted by Crippen LogP contribution is -2.12. The Kier molecular flexibility index (Phi) is 6.96. The number of benzene rings is 2. The summed E-state index contributed by atoms with van der Waals surface area (Å²) in [5, 5.41) is 8.65. The van der Waals surface area contributed by atoms with Crippen molar-refractivity contribution in [2.75, 3.05) is 6.61 Å². The van der Waals surface area contributed by atoms with E-state index in [2.05, 4.69) is 60.4 Å². The second-order valence-electron chi connectivity index (χ2n) is 8.69. The molecule has 1 aliphatic carbocycles. The van der Waals surface area contributed by atoms with Gasteiger partial charge in [-0.05, 0) is 35.4 Å². The number of rotatable bonds is 8. The average Bonchev–Trinajstić information content (AvgIpc) is 3.28. The summed E-state index contributed by atoms with van der Waals surface area (Å²) in [7, 11) is 0. The highest BCUT2D eigenvalue weighted by Crippen LogP contribution is 2.35. The minimum atomic E-state index is -0.0581. The molecule has 1 fully saturated rings. The highest BCUT2D eigenvalue weighted by atomic mass is 16.5. The second kappa shape index (κ2) is 10.0. The van der Waals surface area contributed by atoms with Gasteiger partial charge in [0.2, 0.25) is 11.8 Å². The first-order chi connectivity index (χ1) is 14.7. The van der Waals surface area contributed by atoms with E-state index in [4.69, 9.17) is 9.15 Å². The predicted molar refractivity (Wildman–Crippen MR) is 119 cm³/mol. The van der Waals surface area contributed by atoms with Gasteiger partial charge in [0.25, 0.3) is 0 Å². The lowest BCUT2D eigenvalue weighted by molar-refractivity contribution is 0.108. The molecular weight excluding hydrogens is 372 g/mol. The van der Waals surface area contributed by atoms with E-state index >= 15 is 0 Å². The third kappa shape index (κ3) is 5.17. The molecule has 0 aliphatic heterocycles. The van der Waals surface area contributed by atoms with Crippen molar-refractivity contribution < 1.29 is 9.15 Å². The Bertz CT molecular complexity index is 914. The van der Waals surface area contributed by atoms with Gasteiger partial charge in [-0.15, -0.1) is 10.2 Å². The molecule has 0 N–H and O–H groups in total. The van der Waals surface area contributed by atoms with Crippen LogP contribution >= 0.6 is 0 Å². The highest BCUT2D eigenvalue weighted by Gasteiger charge is 2.24. The van der Waals surface area contributed by atoms with Crippen molar-refractivity contribution in [1.82, 2.24) is 10.2 Å². The minimum Gasteiger partial charge on any atom is -0.424 e. The highest BCUT2D eigenvalue weighted by molar-refractivity contribution is 5.32. The Morgan fingerprint density at radius 2 is 1.70 bits per heavy atom. The molecule has 0 bridgehead atoms. The summed E-state index contributed by atoms with van der Waals surface area (Å²) in [5.74, 6) is 2.15.